The summed E-state index contributed by atoms with van der Waals surface area (Å²) in [6.45, 7) is 0.603. The second-order valence-electron chi connectivity index (χ2n) is 8.08. The van der Waals surface area contributed by atoms with Gasteiger partial charge in [-0.25, -0.2) is 4.98 Å². The van der Waals surface area contributed by atoms with Crippen LogP contribution >= 0.6 is 0 Å². The number of carbonyl (C=O) groups excluding carboxylic acids is 1. The maximum atomic E-state index is 12.8. The molecule has 5 aromatic rings. The van der Waals surface area contributed by atoms with E-state index in [0.29, 0.717) is 35.9 Å². The third-order valence-corrected chi connectivity index (χ3v) is 5.86. The minimum absolute atomic E-state index is 0.121. The van der Waals surface area contributed by atoms with Crippen molar-refractivity contribution in [1.82, 2.24) is 25.5 Å². The number of benzene rings is 3. The fourth-order valence-corrected chi connectivity index (χ4v) is 4.30. The first-order valence-corrected chi connectivity index (χ1v) is 10.9. The third kappa shape index (κ3) is 3.63. The van der Waals surface area contributed by atoms with Gasteiger partial charge >= 0.3 is 0 Å². The summed E-state index contributed by atoms with van der Waals surface area (Å²) in [5.74, 6) is 2.42. The molecule has 3 aromatic carbocycles. The zero-order valence-corrected chi connectivity index (χ0v) is 17.8. The molecule has 0 atom stereocenters. The van der Waals surface area contributed by atoms with E-state index in [1.54, 1.807) is 0 Å². The summed E-state index contributed by atoms with van der Waals surface area (Å²) in [5.41, 5.74) is 4.62. The molecule has 0 unspecified atom stereocenters. The highest BCUT2D eigenvalue weighted by molar-refractivity contribution is 6.10. The van der Waals surface area contributed by atoms with Crippen molar-refractivity contribution in [1.29, 1.82) is 0 Å². The van der Waals surface area contributed by atoms with Crippen LogP contribution in [0.3, 0.4) is 0 Å². The van der Waals surface area contributed by atoms with Gasteiger partial charge in [0.05, 0.1) is 5.56 Å². The zero-order valence-electron chi connectivity index (χ0n) is 17.8. The lowest BCUT2D eigenvalue weighted by Crippen LogP contribution is -2.24. The molecule has 0 radical (unpaired) electrons. The van der Waals surface area contributed by atoms with Crippen molar-refractivity contribution in [2.75, 3.05) is 6.54 Å². The highest BCUT2D eigenvalue weighted by atomic mass is 16.5. The summed E-state index contributed by atoms with van der Waals surface area (Å²) in [4.78, 5) is 20.7. The number of rotatable bonds is 5. The Bertz CT molecular complexity index is 1470. The van der Waals surface area contributed by atoms with E-state index in [2.05, 4.69) is 37.6 Å². The Hall–Kier alpha value is -4.39. The first-order chi connectivity index (χ1) is 16.2. The van der Waals surface area contributed by atoms with E-state index >= 15 is 0 Å². The Morgan fingerprint density at radius 2 is 1.91 bits per heavy atom. The van der Waals surface area contributed by atoms with Crippen LogP contribution in [0.2, 0.25) is 0 Å². The lowest BCUT2D eigenvalue weighted by Gasteiger charge is -2.12. The van der Waals surface area contributed by atoms with Gasteiger partial charge < -0.3 is 15.0 Å². The molecule has 0 saturated heterocycles. The van der Waals surface area contributed by atoms with Crippen molar-refractivity contribution in [3.05, 3.63) is 95.4 Å². The molecule has 2 aromatic heterocycles. The molecule has 6 rings (SSSR count). The van der Waals surface area contributed by atoms with E-state index in [0.717, 1.165) is 34.3 Å². The van der Waals surface area contributed by atoms with Crippen LogP contribution in [0, 0.1) is 0 Å². The molecule has 0 saturated carbocycles. The first-order valence-electron chi connectivity index (χ1n) is 10.9. The maximum Gasteiger partial charge on any atom is 0.255 e. The van der Waals surface area contributed by atoms with E-state index in [9.17, 15) is 4.79 Å². The van der Waals surface area contributed by atoms with Crippen molar-refractivity contribution in [3.63, 3.8) is 0 Å². The molecule has 3 N–H and O–H groups in total. The monoisotopic (exact) mass is 435 g/mol. The summed E-state index contributed by atoms with van der Waals surface area (Å²) in [7, 11) is 0. The molecular formula is C26H21N5O2. The highest BCUT2D eigenvalue weighted by Crippen LogP contribution is 2.35. The predicted octanol–water partition coefficient (Wildman–Crippen LogP) is 4.62. The Labute approximate surface area is 189 Å². The second kappa shape index (κ2) is 7.94. The molecule has 7 heteroatoms. The van der Waals surface area contributed by atoms with Crippen LogP contribution in [0.5, 0.6) is 11.5 Å². The fraction of sp³-hybridized carbons (Fsp3) is 0.115. The van der Waals surface area contributed by atoms with Crippen molar-refractivity contribution in [3.8, 4) is 22.9 Å². The molecule has 0 bridgehead atoms. The average molecular weight is 435 g/mol. The van der Waals surface area contributed by atoms with Crippen LogP contribution in [-0.4, -0.2) is 32.6 Å². The number of H-pyrrole nitrogens is 2. The summed E-state index contributed by atoms with van der Waals surface area (Å²) in [6, 6.07) is 21.5. The van der Waals surface area contributed by atoms with Crippen LogP contribution in [-0.2, 0) is 12.8 Å². The number of hydrogen-bond donors (Lipinski definition) is 3. The summed E-state index contributed by atoms with van der Waals surface area (Å²) >= 11 is 0. The quantitative estimate of drug-likeness (QED) is 0.375. The van der Waals surface area contributed by atoms with Crippen molar-refractivity contribution in [2.24, 2.45) is 0 Å². The maximum absolute atomic E-state index is 12.8. The molecular weight excluding hydrogens is 414 g/mol. The standard InChI is InChI=1S/C26H21N5O2/c32-26-24-21(10-9-20-23(24)18(15-28-20)11-12-27-26)33-19-8-4-7-17(14-19)25-29-22(30-31-25)13-16-5-2-1-3-6-16/h1-10,14-15,28H,11-13H2,(H,27,32)(H,29,30,31). The number of amides is 1. The topological polar surface area (TPSA) is 95.7 Å². The minimum Gasteiger partial charge on any atom is -0.456 e. The van der Waals surface area contributed by atoms with Crippen LogP contribution in [0.1, 0.15) is 27.3 Å². The van der Waals surface area contributed by atoms with Gasteiger partial charge in [-0.2, -0.15) is 5.10 Å². The van der Waals surface area contributed by atoms with Gasteiger partial charge in [-0.3, -0.25) is 9.89 Å². The Kier molecular flexibility index (Phi) is 4.65. The molecule has 7 nitrogen and oxygen atoms in total. The largest absolute Gasteiger partial charge is 0.456 e. The Balaban J connectivity index is 1.30. The van der Waals surface area contributed by atoms with Crippen LogP contribution in [0.4, 0.5) is 0 Å². The van der Waals surface area contributed by atoms with Gasteiger partial charge in [0.1, 0.15) is 17.3 Å². The molecule has 1 amide bonds. The van der Waals surface area contributed by atoms with Gasteiger partial charge in [-0.05, 0) is 41.8 Å². The molecule has 0 aliphatic carbocycles. The lowest BCUT2D eigenvalue weighted by atomic mass is 10.0. The molecule has 1 aliphatic heterocycles. The molecule has 0 spiro atoms. The summed E-state index contributed by atoms with van der Waals surface area (Å²) in [6.07, 6.45) is 3.43. The van der Waals surface area contributed by atoms with Gasteiger partial charge in [0.15, 0.2) is 5.82 Å². The smallest absolute Gasteiger partial charge is 0.255 e. The van der Waals surface area contributed by atoms with Crippen LogP contribution in [0.15, 0.2) is 72.9 Å². The van der Waals surface area contributed by atoms with E-state index in [4.69, 9.17) is 4.74 Å². The van der Waals surface area contributed by atoms with Gasteiger partial charge in [0.25, 0.3) is 5.91 Å². The number of carbonyl (C=O) groups is 1. The average Bonchev–Trinajstić information content (AvgIpc) is 3.43. The number of nitrogens with zero attached hydrogens (tertiary/aromatic N) is 2. The van der Waals surface area contributed by atoms with Crippen LogP contribution < -0.4 is 10.1 Å². The molecule has 162 valence electrons. The number of hydrogen-bond acceptors (Lipinski definition) is 4. The lowest BCUT2D eigenvalue weighted by molar-refractivity contribution is 0.0955. The summed E-state index contributed by atoms with van der Waals surface area (Å²) < 4.78 is 6.22. The number of aromatic nitrogens is 4. The first kappa shape index (κ1) is 19.3. The highest BCUT2D eigenvalue weighted by Gasteiger charge is 2.23. The molecule has 3 heterocycles. The van der Waals surface area contributed by atoms with Gasteiger partial charge in [0.2, 0.25) is 0 Å². The van der Waals surface area contributed by atoms with Crippen LogP contribution in [0.25, 0.3) is 22.3 Å². The minimum atomic E-state index is -0.121. The summed E-state index contributed by atoms with van der Waals surface area (Å²) in [5, 5.41) is 11.3. The number of ether oxygens (including phenoxy) is 1. The fourth-order valence-electron chi connectivity index (χ4n) is 4.30. The molecule has 0 fully saturated rings. The zero-order chi connectivity index (χ0) is 22.2. The number of aromatic amines is 2. The molecule has 33 heavy (non-hydrogen) atoms. The number of nitrogens with one attached hydrogen (secondary N) is 3. The van der Waals surface area contributed by atoms with E-state index in [1.165, 1.54) is 5.56 Å². The van der Waals surface area contributed by atoms with Gasteiger partial charge in [-0.1, -0.05) is 42.5 Å². The second-order valence-corrected chi connectivity index (χ2v) is 8.08. The Morgan fingerprint density at radius 1 is 1.00 bits per heavy atom. The molecule has 1 aliphatic rings. The van der Waals surface area contributed by atoms with E-state index in [-0.39, 0.29) is 5.91 Å². The predicted molar refractivity (Wildman–Crippen MR) is 125 cm³/mol. The third-order valence-electron chi connectivity index (χ3n) is 5.86. The van der Waals surface area contributed by atoms with Crippen molar-refractivity contribution < 1.29 is 9.53 Å². The van der Waals surface area contributed by atoms with Crippen molar-refractivity contribution >= 4 is 16.8 Å². The van der Waals surface area contributed by atoms with Gasteiger partial charge in [0, 0.05) is 35.6 Å². The normalized spacial score (nSPS) is 13.0. The Morgan fingerprint density at radius 3 is 2.82 bits per heavy atom. The van der Waals surface area contributed by atoms with E-state index in [1.807, 2.05) is 60.8 Å². The van der Waals surface area contributed by atoms with Crippen molar-refractivity contribution in [2.45, 2.75) is 12.8 Å². The van der Waals surface area contributed by atoms with E-state index < -0.39 is 0 Å². The van der Waals surface area contributed by atoms with Gasteiger partial charge in [-0.15, -0.1) is 0 Å². The SMILES string of the molecule is O=C1NCCc2c[nH]c3ccc(Oc4cccc(-c5n[nH]c(Cc6ccccc6)n5)c4)c1c23.